The third kappa shape index (κ3) is 3.25. The molecule has 1 saturated heterocycles. The van der Waals surface area contributed by atoms with Gasteiger partial charge >= 0.3 is 0 Å². The zero-order chi connectivity index (χ0) is 15.7. The minimum Gasteiger partial charge on any atom is -0.372 e. The molecule has 6 heteroatoms. The number of nitrogens with zero attached hydrogens (tertiary/aromatic N) is 3. The number of halogens is 1. The van der Waals surface area contributed by atoms with Crippen molar-refractivity contribution in [3.63, 3.8) is 0 Å². The van der Waals surface area contributed by atoms with E-state index >= 15 is 0 Å². The number of nitro benzene ring substituents is 1. The van der Waals surface area contributed by atoms with Crippen molar-refractivity contribution >= 4 is 17.1 Å². The van der Waals surface area contributed by atoms with Gasteiger partial charge < -0.3 is 9.80 Å². The number of piperidine rings is 1. The Bertz CT molecular complexity index is 538. The number of hydrogen-bond acceptors (Lipinski definition) is 4. The molecule has 1 fully saturated rings. The van der Waals surface area contributed by atoms with Crippen LogP contribution in [0.4, 0.5) is 21.5 Å². The highest BCUT2D eigenvalue weighted by Gasteiger charge is 2.27. The zero-order valence-corrected chi connectivity index (χ0v) is 13.0. The molecule has 0 aliphatic carbocycles. The van der Waals surface area contributed by atoms with E-state index in [1.807, 2.05) is 4.90 Å². The van der Waals surface area contributed by atoms with Gasteiger partial charge in [-0.2, -0.15) is 0 Å². The average molecular weight is 295 g/mol. The first-order valence-corrected chi connectivity index (χ1v) is 7.19. The molecule has 0 aromatic heterocycles. The van der Waals surface area contributed by atoms with Crippen LogP contribution < -0.4 is 9.80 Å². The molecule has 2 rings (SSSR count). The lowest BCUT2D eigenvalue weighted by molar-refractivity contribution is -0.384. The molecule has 0 saturated carbocycles. The van der Waals surface area contributed by atoms with Gasteiger partial charge in [-0.05, 0) is 24.3 Å². The molecular formula is C15H22FN3O2. The van der Waals surface area contributed by atoms with E-state index in [1.54, 1.807) is 25.1 Å². The molecule has 0 radical (unpaired) electrons. The van der Waals surface area contributed by atoms with Crippen molar-refractivity contribution in [2.24, 2.45) is 11.8 Å². The maximum absolute atomic E-state index is 14.3. The predicted molar refractivity (Wildman–Crippen MR) is 82.5 cm³/mol. The summed E-state index contributed by atoms with van der Waals surface area (Å²) in [4.78, 5) is 14.2. The van der Waals surface area contributed by atoms with E-state index in [2.05, 4.69) is 13.8 Å². The van der Waals surface area contributed by atoms with Crippen molar-refractivity contribution in [2.45, 2.75) is 20.3 Å². The van der Waals surface area contributed by atoms with Crippen LogP contribution in [0.5, 0.6) is 0 Å². The van der Waals surface area contributed by atoms with Gasteiger partial charge in [0.1, 0.15) is 5.69 Å². The molecule has 1 heterocycles. The Labute approximate surface area is 124 Å². The van der Waals surface area contributed by atoms with Gasteiger partial charge in [-0.1, -0.05) is 13.8 Å². The summed E-state index contributed by atoms with van der Waals surface area (Å²) in [7, 11) is 3.46. The fourth-order valence-corrected chi connectivity index (χ4v) is 3.15. The lowest BCUT2D eigenvalue weighted by Gasteiger charge is -2.37. The first-order valence-electron chi connectivity index (χ1n) is 7.19. The fourth-order valence-electron chi connectivity index (χ4n) is 3.15. The second-order valence-corrected chi connectivity index (χ2v) is 6.29. The Morgan fingerprint density at radius 3 is 2.33 bits per heavy atom. The fraction of sp³-hybridized carbons (Fsp3) is 0.600. The third-order valence-corrected chi connectivity index (χ3v) is 3.93. The number of rotatable bonds is 3. The van der Waals surface area contributed by atoms with Crippen LogP contribution in [0.2, 0.25) is 0 Å². The Hall–Kier alpha value is -1.85. The summed E-state index contributed by atoms with van der Waals surface area (Å²) in [6.45, 7) is 5.87. The highest BCUT2D eigenvalue weighted by Crippen LogP contribution is 2.36. The van der Waals surface area contributed by atoms with Crippen molar-refractivity contribution in [1.29, 1.82) is 0 Å². The highest BCUT2D eigenvalue weighted by molar-refractivity contribution is 5.70. The maximum atomic E-state index is 14.3. The molecule has 1 aliphatic heterocycles. The molecule has 5 nitrogen and oxygen atoms in total. The Kier molecular flexibility index (Phi) is 4.34. The predicted octanol–water partition coefficient (Wildman–Crippen LogP) is 3.28. The molecule has 0 N–H and O–H groups in total. The Balaban J connectivity index is 2.44. The normalized spacial score (nSPS) is 22.2. The Morgan fingerprint density at radius 1 is 1.29 bits per heavy atom. The van der Waals surface area contributed by atoms with Gasteiger partial charge in [0.25, 0.3) is 5.69 Å². The molecule has 21 heavy (non-hydrogen) atoms. The van der Waals surface area contributed by atoms with Crippen molar-refractivity contribution in [3.05, 3.63) is 28.1 Å². The summed E-state index contributed by atoms with van der Waals surface area (Å²) in [5.41, 5.74) is 0.698. The number of anilines is 2. The summed E-state index contributed by atoms with van der Waals surface area (Å²) >= 11 is 0. The smallest absolute Gasteiger partial charge is 0.295 e. The van der Waals surface area contributed by atoms with Crippen LogP contribution in [0.15, 0.2) is 12.1 Å². The monoisotopic (exact) mass is 295 g/mol. The van der Waals surface area contributed by atoms with Crippen LogP contribution >= 0.6 is 0 Å². The number of nitro groups is 1. The van der Waals surface area contributed by atoms with Crippen LogP contribution in [0, 0.1) is 27.8 Å². The quantitative estimate of drug-likeness (QED) is 0.634. The van der Waals surface area contributed by atoms with E-state index in [1.165, 1.54) is 0 Å². The van der Waals surface area contributed by atoms with Crippen molar-refractivity contribution in [3.8, 4) is 0 Å². The van der Waals surface area contributed by atoms with Crippen molar-refractivity contribution < 1.29 is 9.31 Å². The summed E-state index contributed by atoms with van der Waals surface area (Å²) < 4.78 is 14.3. The standard InChI is InChI=1S/C15H22FN3O2/c1-10-5-11(2)9-18(8-10)13-7-14(17(3)4)15(19(20)21)6-12(13)16/h6-7,10-11H,5,8-9H2,1-4H3/t10-,11-/m1/s1. The van der Waals surface area contributed by atoms with E-state index in [0.717, 1.165) is 25.6 Å². The molecule has 1 aromatic carbocycles. The Morgan fingerprint density at radius 2 is 1.86 bits per heavy atom. The zero-order valence-electron chi connectivity index (χ0n) is 13.0. The van der Waals surface area contributed by atoms with E-state index < -0.39 is 10.7 Å². The van der Waals surface area contributed by atoms with Gasteiger partial charge in [-0.15, -0.1) is 0 Å². The van der Waals surface area contributed by atoms with Crippen LogP contribution in [-0.4, -0.2) is 32.1 Å². The largest absolute Gasteiger partial charge is 0.372 e. The molecule has 1 aromatic rings. The molecule has 0 unspecified atom stereocenters. The molecule has 0 amide bonds. The number of benzene rings is 1. The summed E-state index contributed by atoms with van der Waals surface area (Å²) in [6.07, 6.45) is 1.13. The van der Waals surface area contributed by atoms with Gasteiger partial charge in [0.05, 0.1) is 16.7 Å². The molecule has 0 bridgehead atoms. The highest BCUT2D eigenvalue weighted by atomic mass is 19.1. The second kappa shape index (κ2) is 5.87. The van der Waals surface area contributed by atoms with Crippen molar-refractivity contribution in [1.82, 2.24) is 0 Å². The van der Waals surface area contributed by atoms with Gasteiger partial charge in [-0.3, -0.25) is 10.1 Å². The van der Waals surface area contributed by atoms with Crippen LogP contribution in [0.1, 0.15) is 20.3 Å². The van der Waals surface area contributed by atoms with Gasteiger partial charge in [-0.25, -0.2) is 4.39 Å². The minimum atomic E-state index is -0.538. The molecule has 1 aliphatic rings. The average Bonchev–Trinajstić information content (AvgIpc) is 2.36. The molecule has 2 atom stereocenters. The van der Waals surface area contributed by atoms with E-state index in [0.29, 0.717) is 23.2 Å². The maximum Gasteiger partial charge on any atom is 0.295 e. The van der Waals surface area contributed by atoms with Gasteiger partial charge in [0.15, 0.2) is 5.82 Å². The van der Waals surface area contributed by atoms with Crippen LogP contribution in [0.3, 0.4) is 0 Å². The third-order valence-electron chi connectivity index (χ3n) is 3.93. The van der Waals surface area contributed by atoms with E-state index in [-0.39, 0.29) is 5.69 Å². The van der Waals surface area contributed by atoms with Crippen LogP contribution in [0.25, 0.3) is 0 Å². The minimum absolute atomic E-state index is 0.195. The first-order chi connectivity index (χ1) is 9.79. The number of hydrogen-bond donors (Lipinski definition) is 0. The second-order valence-electron chi connectivity index (χ2n) is 6.29. The lowest BCUT2D eigenvalue weighted by atomic mass is 9.91. The summed E-state index contributed by atoms with van der Waals surface area (Å²) in [5.74, 6) is 0.464. The summed E-state index contributed by atoms with van der Waals surface area (Å²) in [5, 5.41) is 11.1. The summed E-state index contributed by atoms with van der Waals surface area (Å²) in [6, 6.07) is 2.63. The molecule has 116 valence electrons. The van der Waals surface area contributed by atoms with E-state index in [4.69, 9.17) is 0 Å². The van der Waals surface area contributed by atoms with Gasteiger partial charge in [0, 0.05) is 27.2 Å². The molecule has 0 spiro atoms. The van der Waals surface area contributed by atoms with Crippen molar-refractivity contribution in [2.75, 3.05) is 37.0 Å². The van der Waals surface area contributed by atoms with Gasteiger partial charge in [0.2, 0.25) is 0 Å². The molecular weight excluding hydrogens is 273 g/mol. The van der Waals surface area contributed by atoms with E-state index in [9.17, 15) is 14.5 Å². The van der Waals surface area contributed by atoms with Crippen LogP contribution in [-0.2, 0) is 0 Å². The first kappa shape index (κ1) is 15.5. The lowest BCUT2D eigenvalue weighted by Crippen LogP contribution is -2.39. The SMILES string of the molecule is C[C@@H]1C[C@@H](C)CN(c2cc(N(C)C)c([N+](=O)[O-])cc2F)C1. The topological polar surface area (TPSA) is 49.6 Å².